The van der Waals surface area contributed by atoms with Crippen molar-refractivity contribution in [2.45, 2.75) is 53.5 Å². The molecular formula is C22H27N3O2S. The SMILES string of the molecule is Cc1ccc(OCCn2nnc3sc4c(c3c2=O)CC[C@@H](C(C)(C)C)C4)cc1. The number of ether oxygens (including phenoxy) is 1. The Labute approximate surface area is 169 Å². The lowest BCUT2D eigenvalue weighted by atomic mass is 9.72. The van der Waals surface area contributed by atoms with Gasteiger partial charge in [0.25, 0.3) is 5.56 Å². The van der Waals surface area contributed by atoms with Gasteiger partial charge in [0.15, 0.2) is 4.83 Å². The average molecular weight is 398 g/mol. The molecule has 3 aromatic rings. The third-order valence-corrected chi connectivity index (χ3v) is 6.89. The Morgan fingerprint density at radius 3 is 2.71 bits per heavy atom. The van der Waals surface area contributed by atoms with Crippen molar-refractivity contribution in [1.82, 2.24) is 15.0 Å². The van der Waals surface area contributed by atoms with Crippen LogP contribution < -0.4 is 10.3 Å². The molecule has 28 heavy (non-hydrogen) atoms. The van der Waals surface area contributed by atoms with Crippen LogP contribution in [-0.2, 0) is 19.4 Å². The average Bonchev–Trinajstić information content (AvgIpc) is 3.03. The van der Waals surface area contributed by atoms with Crippen molar-refractivity contribution in [3.63, 3.8) is 0 Å². The number of nitrogens with zero attached hydrogens (tertiary/aromatic N) is 3. The van der Waals surface area contributed by atoms with Gasteiger partial charge < -0.3 is 4.74 Å². The number of fused-ring (bicyclic) bond motifs is 3. The lowest BCUT2D eigenvalue weighted by Gasteiger charge is -2.33. The normalized spacial score (nSPS) is 16.9. The van der Waals surface area contributed by atoms with Gasteiger partial charge in [-0.25, -0.2) is 4.68 Å². The van der Waals surface area contributed by atoms with Crippen molar-refractivity contribution in [2.75, 3.05) is 6.61 Å². The van der Waals surface area contributed by atoms with Gasteiger partial charge in [0.05, 0.1) is 11.9 Å². The highest BCUT2D eigenvalue weighted by molar-refractivity contribution is 7.18. The number of aromatic nitrogens is 3. The first-order valence-corrected chi connectivity index (χ1v) is 10.7. The topological polar surface area (TPSA) is 57.0 Å². The number of aryl methyl sites for hydroxylation is 2. The molecule has 0 aliphatic heterocycles. The molecular weight excluding hydrogens is 370 g/mol. The van der Waals surface area contributed by atoms with Gasteiger partial charge in [0.1, 0.15) is 12.4 Å². The predicted molar refractivity (Wildman–Crippen MR) is 113 cm³/mol. The van der Waals surface area contributed by atoms with E-state index in [1.165, 1.54) is 20.7 Å². The summed E-state index contributed by atoms with van der Waals surface area (Å²) >= 11 is 1.65. The largest absolute Gasteiger partial charge is 0.492 e. The van der Waals surface area contributed by atoms with Crippen molar-refractivity contribution in [3.8, 4) is 5.75 Å². The molecule has 0 amide bonds. The molecule has 0 N–H and O–H groups in total. The quantitative estimate of drug-likeness (QED) is 0.655. The predicted octanol–water partition coefficient (Wildman–Crippen LogP) is 4.39. The van der Waals surface area contributed by atoms with Crippen LogP contribution in [-0.4, -0.2) is 21.6 Å². The van der Waals surface area contributed by atoms with Crippen LogP contribution in [0.15, 0.2) is 29.1 Å². The summed E-state index contributed by atoms with van der Waals surface area (Å²) in [6.07, 6.45) is 3.12. The van der Waals surface area contributed by atoms with Crippen molar-refractivity contribution >= 4 is 21.6 Å². The molecule has 1 aliphatic rings. The molecule has 148 valence electrons. The van der Waals surface area contributed by atoms with Gasteiger partial charge in [-0.1, -0.05) is 43.7 Å². The van der Waals surface area contributed by atoms with E-state index < -0.39 is 0 Å². The summed E-state index contributed by atoms with van der Waals surface area (Å²) in [5, 5.41) is 9.27. The zero-order valence-corrected chi connectivity index (χ0v) is 17.8. The van der Waals surface area contributed by atoms with Crippen molar-refractivity contribution in [3.05, 3.63) is 50.6 Å². The molecule has 0 saturated carbocycles. The minimum absolute atomic E-state index is 0.0378. The van der Waals surface area contributed by atoms with Crippen LogP contribution in [0.25, 0.3) is 10.2 Å². The summed E-state index contributed by atoms with van der Waals surface area (Å²) < 4.78 is 7.20. The molecule has 5 nitrogen and oxygen atoms in total. The zero-order valence-electron chi connectivity index (χ0n) is 17.0. The highest BCUT2D eigenvalue weighted by Gasteiger charge is 2.31. The van der Waals surface area contributed by atoms with Crippen LogP contribution in [0.3, 0.4) is 0 Å². The first kappa shape index (κ1) is 19.1. The lowest BCUT2D eigenvalue weighted by molar-refractivity contribution is 0.218. The van der Waals surface area contributed by atoms with Crippen molar-refractivity contribution in [2.24, 2.45) is 11.3 Å². The van der Waals surface area contributed by atoms with Crippen LogP contribution in [0.1, 0.15) is 43.2 Å². The van der Waals surface area contributed by atoms with Gasteiger partial charge in [-0.15, -0.1) is 16.4 Å². The summed E-state index contributed by atoms with van der Waals surface area (Å²) in [6, 6.07) is 7.90. The third kappa shape index (κ3) is 3.70. The molecule has 0 radical (unpaired) electrons. The van der Waals surface area contributed by atoms with E-state index >= 15 is 0 Å². The highest BCUT2D eigenvalue weighted by Crippen LogP contribution is 2.41. The summed E-state index contributed by atoms with van der Waals surface area (Å²) in [5.74, 6) is 1.44. The molecule has 0 bridgehead atoms. The summed E-state index contributed by atoms with van der Waals surface area (Å²) in [5.41, 5.74) is 2.64. The maximum atomic E-state index is 13.0. The van der Waals surface area contributed by atoms with Gasteiger partial charge in [-0.05, 0) is 55.2 Å². The Kier molecular flexibility index (Phi) is 5.00. The molecule has 4 rings (SSSR count). The van der Waals surface area contributed by atoms with Crippen molar-refractivity contribution < 1.29 is 4.74 Å². The first-order valence-electron chi connectivity index (χ1n) is 9.90. The lowest BCUT2D eigenvalue weighted by Crippen LogP contribution is -2.28. The zero-order chi connectivity index (χ0) is 19.9. The fraction of sp³-hybridized carbons (Fsp3) is 0.500. The van der Waals surface area contributed by atoms with E-state index in [0.717, 1.165) is 35.2 Å². The number of benzene rings is 1. The highest BCUT2D eigenvalue weighted by atomic mass is 32.1. The monoisotopic (exact) mass is 397 g/mol. The number of hydrogen-bond donors (Lipinski definition) is 0. The second kappa shape index (κ2) is 7.32. The minimum atomic E-state index is -0.0378. The molecule has 0 spiro atoms. The van der Waals surface area contributed by atoms with Crippen molar-refractivity contribution in [1.29, 1.82) is 0 Å². The van der Waals surface area contributed by atoms with E-state index in [-0.39, 0.29) is 11.0 Å². The van der Waals surface area contributed by atoms with Gasteiger partial charge in [0.2, 0.25) is 0 Å². The Balaban J connectivity index is 1.54. The van der Waals surface area contributed by atoms with Gasteiger partial charge in [0, 0.05) is 4.88 Å². The number of hydrogen-bond acceptors (Lipinski definition) is 5. The third-order valence-electron chi connectivity index (χ3n) is 5.76. The summed E-state index contributed by atoms with van der Waals surface area (Å²) in [4.78, 5) is 15.1. The fourth-order valence-electron chi connectivity index (χ4n) is 3.90. The van der Waals surface area contributed by atoms with Gasteiger partial charge in [-0.2, -0.15) is 0 Å². The summed E-state index contributed by atoms with van der Waals surface area (Å²) in [6.45, 7) is 9.73. The Hall–Kier alpha value is -2.21. The van der Waals surface area contributed by atoms with E-state index in [2.05, 4.69) is 31.1 Å². The molecule has 6 heteroatoms. The smallest absolute Gasteiger partial charge is 0.278 e. The standard InChI is InChI=1S/C22H27N3O2S/c1-14-5-8-16(9-6-14)27-12-11-25-21(26)19-17-10-7-15(22(2,3)4)13-18(17)28-20(19)23-24-25/h5-6,8-9,15H,7,10-13H2,1-4H3/t15-/m1/s1. The van der Waals surface area contributed by atoms with Crippen LogP contribution in [0.4, 0.5) is 0 Å². The van der Waals surface area contributed by atoms with Gasteiger partial charge >= 0.3 is 0 Å². The molecule has 0 unspecified atom stereocenters. The molecule has 1 aliphatic carbocycles. The maximum absolute atomic E-state index is 13.0. The Morgan fingerprint density at radius 2 is 2.00 bits per heavy atom. The Bertz CT molecular complexity index is 1040. The Morgan fingerprint density at radius 1 is 1.25 bits per heavy atom. The molecule has 0 saturated heterocycles. The van der Waals surface area contributed by atoms with E-state index in [9.17, 15) is 4.79 Å². The van der Waals surface area contributed by atoms with Crippen LogP contribution in [0.5, 0.6) is 5.75 Å². The molecule has 1 aromatic carbocycles. The first-order chi connectivity index (χ1) is 13.3. The second-order valence-electron chi connectivity index (χ2n) is 8.77. The number of thiophene rings is 1. The molecule has 2 aromatic heterocycles. The molecule has 0 fully saturated rings. The van der Waals surface area contributed by atoms with E-state index in [4.69, 9.17) is 4.74 Å². The van der Waals surface area contributed by atoms with E-state index in [1.807, 2.05) is 31.2 Å². The van der Waals surface area contributed by atoms with Crippen LogP contribution in [0.2, 0.25) is 0 Å². The maximum Gasteiger partial charge on any atom is 0.278 e. The van der Waals surface area contributed by atoms with E-state index in [0.29, 0.717) is 19.1 Å². The second-order valence-corrected chi connectivity index (χ2v) is 9.85. The molecule has 2 heterocycles. The fourth-order valence-corrected chi connectivity index (χ4v) is 5.13. The number of rotatable bonds is 4. The summed E-state index contributed by atoms with van der Waals surface area (Å²) in [7, 11) is 0. The molecule has 1 atom stereocenters. The van der Waals surface area contributed by atoms with E-state index in [1.54, 1.807) is 11.3 Å². The van der Waals surface area contributed by atoms with Crippen LogP contribution >= 0.6 is 11.3 Å². The van der Waals surface area contributed by atoms with Gasteiger partial charge in [-0.3, -0.25) is 4.79 Å². The minimum Gasteiger partial charge on any atom is -0.492 e. The van der Waals surface area contributed by atoms with Crippen LogP contribution in [0, 0.1) is 18.3 Å².